The van der Waals surface area contributed by atoms with E-state index in [1.54, 1.807) is 12.1 Å². The van der Waals surface area contributed by atoms with Gasteiger partial charge in [-0.1, -0.05) is 0 Å². The second-order valence-electron chi connectivity index (χ2n) is 6.90. The van der Waals surface area contributed by atoms with Gasteiger partial charge in [0.1, 0.15) is 13.2 Å². The predicted octanol–water partition coefficient (Wildman–Crippen LogP) is 3.67. The van der Waals surface area contributed by atoms with Gasteiger partial charge in [-0.2, -0.15) is 0 Å². The van der Waals surface area contributed by atoms with Gasteiger partial charge in [-0.15, -0.1) is 11.3 Å². The fourth-order valence-electron chi connectivity index (χ4n) is 2.95. The number of rotatable bonds is 7. The Labute approximate surface area is 188 Å². The fraction of sp³-hybridized carbons (Fsp3) is 0.182. The van der Waals surface area contributed by atoms with E-state index in [0.29, 0.717) is 29.6 Å². The van der Waals surface area contributed by atoms with Crippen molar-refractivity contribution >= 4 is 38.8 Å². The minimum atomic E-state index is -3.88. The van der Waals surface area contributed by atoms with Crippen LogP contribution in [0.3, 0.4) is 0 Å². The number of aryl methyl sites for hydroxylation is 1. The second-order valence-corrected chi connectivity index (χ2v) is 9.87. The molecule has 8 nitrogen and oxygen atoms in total. The molecule has 0 aliphatic carbocycles. The first-order valence-electron chi connectivity index (χ1n) is 9.61. The van der Waals surface area contributed by atoms with Crippen LogP contribution < -0.4 is 14.2 Å². The zero-order chi connectivity index (χ0) is 22.7. The first kappa shape index (κ1) is 21.8. The number of carbonyl (C=O) groups excluding carboxylic acids is 2. The van der Waals surface area contributed by atoms with Crippen molar-refractivity contribution < 1.29 is 32.2 Å². The molecule has 0 unspecified atom stereocenters. The summed E-state index contributed by atoms with van der Waals surface area (Å²) in [6.07, 6.45) is 0. The molecule has 3 aromatic rings. The fourth-order valence-corrected chi connectivity index (χ4v) is 4.81. The third kappa shape index (κ3) is 4.92. The van der Waals surface area contributed by atoms with Crippen LogP contribution in [0.4, 0.5) is 5.69 Å². The standard InChI is InChI=1S/C22H19NO7S2/c1-14-2-9-21(31-14)18(24)13-30-22(25)15-3-5-16(6-4-15)23-32(26,27)17-7-8-19-20(12-17)29-11-10-28-19/h2-9,12,23H,10-11,13H2,1H3. The number of esters is 1. The van der Waals surface area contributed by atoms with Crippen LogP contribution in [-0.4, -0.2) is 40.0 Å². The summed E-state index contributed by atoms with van der Waals surface area (Å²) in [6.45, 7) is 2.28. The lowest BCUT2D eigenvalue weighted by molar-refractivity contribution is 0.0476. The first-order valence-corrected chi connectivity index (χ1v) is 11.9. The second kappa shape index (κ2) is 9.01. The molecule has 1 aliphatic rings. The lowest BCUT2D eigenvalue weighted by atomic mass is 10.2. The molecule has 0 saturated carbocycles. The molecule has 0 spiro atoms. The van der Waals surface area contributed by atoms with Gasteiger partial charge in [0.15, 0.2) is 18.1 Å². The van der Waals surface area contributed by atoms with Crippen molar-refractivity contribution in [1.29, 1.82) is 0 Å². The summed E-state index contributed by atoms with van der Waals surface area (Å²) in [5, 5.41) is 0. The molecule has 0 fully saturated rings. The van der Waals surface area contributed by atoms with Crippen LogP contribution in [0.1, 0.15) is 24.9 Å². The number of nitrogens with one attached hydrogen (secondary N) is 1. The Bertz CT molecular complexity index is 1260. The average Bonchev–Trinajstić information content (AvgIpc) is 3.23. The number of ketones is 1. The number of sulfonamides is 1. The summed E-state index contributed by atoms with van der Waals surface area (Å²) < 4.78 is 43.7. The molecule has 1 aliphatic heterocycles. The van der Waals surface area contributed by atoms with Crippen molar-refractivity contribution in [3.05, 3.63) is 69.9 Å². The van der Waals surface area contributed by atoms with Crippen LogP contribution in [0, 0.1) is 6.92 Å². The minimum absolute atomic E-state index is 0.0209. The Balaban J connectivity index is 1.38. The van der Waals surface area contributed by atoms with E-state index in [2.05, 4.69) is 4.72 Å². The maximum Gasteiger partial charge on any atom is 0.338 e. The SMILES string of the molecule is Cc1ccc(C(=O)COC(=O)c2ccc(NS(=O)(=O)c3ccc4c(c3)OCCO4)cc2)s1. The number of Topliss-reactive ketones (excluding diaryl/α,β-unsaturated/α-hetero) is 1. The number of hydrogen-bond donors (Lipinski definition) is 1. The highest BCUT2D eigenvalue weighted by Crippen LogP contribution is 2.32. The van der Waals surface area contributed by atoms with E-state index >= 15 is 0 Å². The van der Waals surface area contributed by atoms with Crippen LogP contribution in [0.15, 0.2) is 59.5 Å². The van der Waals surface area contributed by atoms with E-state index in [0.717, 1.165) is 4.88 Å². The number of fused-ring (bicyclic) bond motifs is 1. The van der Waals surface area contributed by atoms with Gasteiger partial charge < -0.3 is 14.2 Å². The predicted molar refractivity (Wildman–Crippen MR) is 118 cm³/mol. The molecule has 0 atom stereocenters. The Hall–Kier alpha value is -3.37. The van der Waals surface area contributed by atoms with E-state index < -0.39 is 16.0 Å². The quantitative estimate of drug-likeness (QED) is 0.412. The van der Waals surface area contributed by atoms with Gasteiger partial charge >= 0.3 is 5.97 Å². The Morgan fingerprint density at radius 3 is 2.41 bits per heavy atom. The third-order valence-electron chi connectivity index (χ3n) is 4.55. The number of hydrogen-bond acceptors (Lipinski definition) is 8. The topological polar surface area (TPSA) is 108 Å². The van der Waals surface area contributed by atoms with Crippen molar-refractivity contribution in [2.45, 2.75) is 11.8 Å². The van der Waals surface area contributed by atoms with Gasteiger partial charge in [0.05, 0.1) is 15.3 Å². The lowest BCUT2D eigenvalue weighted by Gasteiger charge is -2.19. The van der Waals surface area contributed by atoms with Crippen molar-refractivity contribution in [2.24, 2.45) is 0 Å². The van der Waals surface area contributed by atoms with Crippen LogP contribution >= 0.6 is 11.3 Å². The number of ether oxygens (including phenoxy) is 3. The minimum Gasteiger partial charge on any atom is -0.486 e. The van der Waals surface area contributed by atoms with Crippen molar-refractivity contribution in [3.63, 3.8) is 0 Å². The van der Waals surface area contributed by atoms with Crippen LogP contribution in [0.5, 0.6) is 11.5 Å². The van der Waals surface area contributed by atoms with E-state index in [-0.39, 0.29) is 28.5 Å². The molecular weight excluding hydrogens is 454 g/mol. The summed E-state index contributed by atoms with van der Waals surface area (Å²) in [6, 6.07) is 13.6. The summed E-state index contributed by atoms with van der Waals surface area (Å²) in [5.74, 6) is -0.0941. The van der Waals surface area contributed by atoms with E-state index in [1.165, 1.54) is 47.7 Å². The van der Waals surface area contributed by atoms with Gasteiger partial charge in [0, 0.05) is 16.6 Å². The van der Waals surface area contributed by atoms with Gasteiger partial charge in [0.25, 0.3) is 10.0 Å². The zero-order valence-electron chi connectivity index (χ0n) is 17.0. The number of benzene rings is 2. The highest BCUT2D eigenvalue weighted by Gasteiger charge is 2.20. The van der Waals surface area contributed by atoms with Crippen LogP contribution in [0.2, 0.25) is 0 Å². The van der Waals surface area contributed by atoms with Gasteiger partial charge in [-0.05, 0) is 55.5 Å². The maximum atomic E-state index is 12.7. The maximum absolute atomic E-state index is 12.7. The van der Waals surface area contributed by atoms with E-state index in [1.807, 2.05) is 13.0 Å². The van der Waals surface area contributed by atoms with Gasteiger partial charge in [0.2, 0.25) is 5.78 Å². The molecule has 0 amide bonds. The third-order valence-corrected chi connectivity index (χ3v) is 6.97. The Kier molecular flexibility index (Phi) is 6.15. The summed E-state index contributed by atoms with van der Waals surface area (Å²) in [4.78, 5) is 25.8. The molecule has 0 radical (unpaired) electrons. The molecule has 2 heterocycles. The summed E-state index contributed by atoms with van der Waals surface area (Å²) in [5.41, 5.74) is 0.462. The molecule has 0 saturated heterocycles. The van der Waals surface area contributed by atoms with Crippen molar-refractivity contribution in [1.82, 2.24) is 0 Å². The molecule has 1 aromatic heterocycles. The largest absolute Gasteiger partial charge is 0.486 e. The summed E-state index contributed by atoms with van der Waals surface area (Å²) >= 11 is 1.34. The highest BCUT2D eigenvalue weighted by molar-refractivity contribution is 7.92. The smallest absolute Gasteiger partial charge is 0.338 e. The van der Waals surface area contributed by atoms with Crippen LogP contribution in [0.25, 0.3) is 0 Å². The van der Waals surface area contributed by atoms with E-state index in [9.17, 15) is 18.0 Å². The molecule has 10 heteroatoms. The average molecular weight is 474 g/mol. The van der Waals surface area contributed by atoms with Crippen molar-refractivity contribution in [2.75, 3.05) is 24.5 Å². The highest BCUT2D eigenvalue weighted by atomic mass is 32.2. The molecule has 2 aromatic carbocycles. The monoisotopic (exact) mass is 473 g/mol. The number of carbonyl (C=O) groups is 2. The molecule has 166 valence electrons. The Morgan fingerprint density at radius 2 is 1.72 bits per heavy atom. The van der Waals surface area contributed by atoms with Crippen LogP contribution in [-0.2, 0) is 14.8 Å². The Morgan fingerprint density at radius 1 is 1.00 bits per heavy atom. The normalized spacial score (nSPS) is 12.8. The first-order chi connectivity index (χ1) is 15.3. The number of thiophene rings is 1. The summed E-state index contributed by atoms with van der Waals surface area (Å²) in [7, 11) is -3.88. The molecule has 4 rings (SSSR count). The van der Waals surface area contributed by atoms with Gasteiger partial charge in [-0.25, -0.2) is 13.2 Å². The molecule has 32 heavy (non-hydrogen) atoms. The number of anilines is 1. The van der Waals surface area contributed by atoms with Crippen molar-refractivity contribution in [3.8, 4) is 11.5 Å². The van der Waals surface area contributed by atoms with E-state index in [4.69, 9.17) is 14.2 Å². The molecule has 0 bridgehead atoms. The molecule has 1 N–H and O–H groups in total. The molecular formula is C22H19NO7S2. The van der Waals surface area contributed by atoms with Gasteiger partial charge in [-0.3, -0.25) is 9.52 Å². The lowest BCUT2D eigenvalue weighted by Crippen LogP contribution is -2.17. The zero-order valence-corrected chi connectivity index (χ0v) is 18.6.